The SMILES string of the molecule is CCCCCCCS(=N)(=O)c1ccc(NC(=O)c2ccccc2N(C)S(C)(=O)=O)cc1. The van der Waals surface area contributed by atoms with Gasteiger partial charge < -0.3 is 5.32 Å². The average Bonchev–Trinajstić information content (AvgIpc) is 2.72. The van der Waals surface area contributed by atoms with Gasteiger partial charge in [0.1, 0.15) is 0 Å². The fourth-order valence-corrected chi connectivity index (χ4v) is 5.04. The second-order valence-electron chi connectivity index (χ2n) is 7.52. The Morgan fingerprint density at radius 3 is 2.19 bits per heavy atom. The summed E-state index contributed by atoms with van der Waals surface area (Å²) in [5, 5.41) is 2.74. The maximum Gasteiger partial charge on any atom is 0.257 e. The van der Waals surface area contributed by atoms with Crippen LogP contribution >= 0.6 is 0 Å². The van der Waals surface area contributed by atoms with E-state index in [9.17, 15) is 17.4 Å². The Kier molecular flexibility index (Phi) is 8.64. The molecule has 0 aliphatic heterocycles. The van der Waals surface area contributed by atoms with E-state index in [1.165, 1.54) is 7.05 Å². The van der Waals surface area contributed by atoms with E-state index >= 15 is 0 Å². The lowest BCUT2D eigenvalue weighted by molar-refractivity contribution is 0.102. The molecule has 1 atom stereocenters. The van der Waals surface area contributed by atoms with Crippen LogP contribution < -0.4 is 9.62 Å². The Balaban J connectivity index is 2.10. The van der Waals surface area contributed by atoms with E-state index in [0.717, 1.165) is 42.7 Å². The highest BCUT2D eigenvalue weighted by Crippen LogP contribution is 2.23. The third-order valence-electron chi connectivity index (χ3n) is 5.01. The van der Waals surface area contributed by atoms with E-state index in [1.807, 2.05) is 0 Å². The zero-order valence-corrected chi connectivity index (χ0v) is 19.9. The first-order valence-corrected chi connectivity index (χ1v) is 13.8. The maximum atomic E-state index is 12.7. The molecule has 0 bridgehead atoms. The molecule has 2 rings (SSSR count). The molecule has 2 N–H and O–H groups in total. The van der Waals surface area contributed by atoms with Gasteiger partial charge in [-0.2, -0.15) is 0 Å². The van der Waals surface area contributed by atoms with Gasteiger partial charge in [-0.3, -0.25) is 9.10 Å². The molecule has 7 nitrogen and oxygen atoms in total. The van der Waals surface area contributed by atoms with Crippen LogP contribution in [0.2, 0.25) is 0 Å². The number of nitrogens with one attached hydrogen (secondary N) is 2. The van der Waals surface area contributed by atoms with Crippen molar-refractivity contribution in [3.8, 4) is 0 Å². The summed E-state index contributed by atoms with van der Waals surface area (Å²) in [4.78, 5) is 13.2. The van der Waals surface area contributed by atoms with Crippen LogP contribution in [0.25, 0.3) is 0 Å². The van der Waals surface area contributed by atoms with Crippen LogP contribution in [0.4, 0.5) is 11.4 Å². The van der Waals surface area contributed by atoms with Crippen molar-refractivity contribution in [3.63, 3.8) is 0 Å². The molecule has 2 aromatic carbocycles. The fraction of sp³-hybridized carbons (Fsp3) is 0.409. The van der Waals surface area contributed by atoms with Gasteiger partial charge in [0.25, 0.3) is 5.91 Å². The van der Waals surface area contributed by atoms with Crippen molar-refractivity contribution in [3.05, 3.63) is 54.1 Å². The Labute approximate surface area is 185 Å². The molecule has 0 saturated heterocycles. The van der Waals surface area contributed by atoms with E-state index in [-0.39, 0.29) is 11.3 Å². The number of benzene rings is 2. The zero-order chi connectivity index (χ0) is 23.1. The van der Waals surface area contributed by atoms with Crippen molar-refractivity contribution in [1.29, 1.82) is 4.78 Å². The molecule has 2 aromatic rings. The molecule has 1 amide bonds. The first kappa shape index (κ1) is 24.9. The topological polar surface area (TPSA) is 107 Å². The first-order chi connectivity index (χ1) is 14.6. The number of para-hydroxylation sites is 1. The predicted octanol–water partition coefficient (Wildman–Crippen LogP) is 4.71. The van der Waals surface area contributed by atoms with Crippen molar-refractivity contribution in [2.24, 2.45) is 0 Å². The van der Waals surface area contributed by atoms with E-state index in [1.54, 1.807) is 48.5 Å². The molecule has 0 heterocycles. The number of carbonyl (C=O) groups excluding carboxylic acids is 1. The van der Waals surface area contributed by atoms with Gasteiger partial charge in [-0.1, -0.05) is 44.7 Å². The van der Waals surface area contributed by atoms with Crippen LogP contribution in [-0.4, -0.2) is 37.6 Å². The summed E-state index contributed by atoms with van der Waals surface area (Å²) in [5.74, 6) is -0.130. The Morgan fingerprint density at radius 1 is 0.968 bits per heavy atom. The summed E-state index contributed by atoms with van der Waals surface area (Å²) in [5.41, 5.74) is 0.968. The molecule has 31 heavy (non-hydrogen) atoms. The van der Waals surface area contributed by atoms with Gasteiger partial charge in [-0.05, 0) is 42.8 Å². The van der Waals surface area contributed by atoms with Crippen LogP contribution in [-0.2, 0) is 19.8 Å². The van der Waals surface area contributed by atoms with Crippen molar-refractivity contribution >= 4 is 37.0 Å². The minimum Gasteiger partial charge on any atom is -0.322 e. The standard InChI is InChI=1S/C22H31N3O4S2/c1-4-5-6-7-10-17-31(23,29)19-15-13-18(14-16-19)24-22(26)20-11-8-9-12-21(20)25(2)30(3,27)28/h8-9,11-16,23H,4-7,10,17H2,1-3H3,(H,24,26). The number of unbranched alkanes of at least 4 members (excludes halogenated alkanes) is 4. The number of nitrogens with zero attached hydrogens (tertiary/aromatic N) is 1. The number of anilines is 2. The maximum absolute atomic E-state index is 12.7. The lowest BCUT2D eigenvalue weighted by atomic mass is 10.1. The largest absolute Gasteiger partial charge is 0.322 e. The third-order valence-corrected chi connectivity index (χ3v) is 8.10. The lowest BCUT2D eigenvalue weighted by Gasteiger charge is -2.19. The smallest absolute Gasteiger partial charge is 0.257 e. The van der Waals surface area contributed by atoms with E-state index in [4.69, 9.17) is 4.78 Å². The van der Waals surface area contributed by atoms with Crippen LogP contribution in [0.15, 0.2) is 53.4 Å². The van der Waals surface area contributed by atoms with Crippen molar-refractivity contribution in [2.75, 3.05) is 28.7 Å². The molecule has 0 aliphatic rings. The third kappa shape index (κ3) is 7.07. The van der Waals surface area contributed by atoms with Gasteiger partial charge in [0.05, 0.1) is 27.2 Å². The fourth-order valence-electron chi connectivity index (χ4n) is 3.10. The molecule has 0 spiro atoms. The molecular weight excluding hydrogens is 434 g/mol. The van der Waals surface area contributed by atoms with Crippen LogP contribution in [0.1, 0.15) is 49.4 Å². The van der Waals surface area contributed by atoms with Crippen LogP contribution in [0.3, 0.4) is 0 Å². The van der Waals surface area contributed by atoms with E-state index < -0.39 is 25.7 Å². The summed E-state index contributed by atoms with van der Waals surface area (Å²) in [6.07, 6.45) is 6.18. The van der Waals surface area contributed by atoms with Crippen molar-refractivity contribution in [2.45, 2.75) is 43.9 Å². The molecule has 0 saturated carbocycles. The van der Waals surface area contributed by atoms with Crippen molar-refractivity contribution < 1.29 is 17.4 Å². The molecule has 0 radical (unpaired) electrons. The molecule has 0 aromatic heterocycles. The lowest BCUT2D eigenvalue weighted by Crippen LogP contribution is -2.27. The van der Waals surface area contributed by atoms with E-state index in [0.29, 0.717) is 16.3 Å². The average molecular weight is 466 g/mol. The quantitative estimate of drug-likeness (QED) is 0.469. The van der Waals surface area contributed by atoms with Gasteiger partial charge in [0, 0.05) is 23.4 Å². The summed E-state index contributed by atoms with van der Waals surface area (Å²) in [6, 6.07) is 12.9. The summed E-state index contributed by atoms with van der Waals surface area (Å²) in [7, 11) is -4.99. The number of amides is 1. The minimum absolute atomic E-state index is 0.218. The van der Waals surface area contributed by atoms with Gasteiger partial charge in [0.2, 0.25) is 10.0 Å². The van der Waals surface area contributed by atoms with Gasteiger partial charge in [-0.15, -0.1) is 0 Å². The Hall–Kier alpha value is -2.39. The number of hydrogen-bond acceptors (Lipinski definition) is 5. The number of sulfonamides is 1. The predicted molar refractivity (Wildman–Crippen MR) is 127 cm³/mol. The summed E-state index contributed by atoms with van der Waals surface area (Å²) < 4.78 is 45.7. The monoisotopic (exact) mass is 465 g/mol. The van der Waals surface area contributed by atoms with Gasteiger partial charge in [-0.25, -0.2) is 17.4 Å². The Morgan fingerprint density at radius 2 is 1.58 bits per heavy atom. The minimum atomic E-state index is -3.52. The summed E-state index contributed by atoms with van der Waals surface area (Å²) >= 11 is 0. The number of carbonyl (C=O) groups is 1. The molecule has 170 valence electrons. The van der Waals surface area contributed by atoms with Gasteiger partial charge >= 0.3 is 0 Å². The van der Waals surface area contributed by atoms with E-state index in [2.05, 4.69) is 12.2 Å². The Bertz CT molecular complexity index is 1100. The second-order valence-corrected chi connectivity index (χ2v) is 11.8. The molecular formula is C22H31N3O4S2. The van der Waals surface area contributed by atoms with Crippen molar-refractivity contribution in [1.82, 2.24) is 0 Å². The normalized spacial score (nSPS) is 13.4. The first-order valence-electron chi connectivity index (χ1n) is 10.3. The zero-order valence-electron chi connectivity index (χ0n) is 18.3. The van der Waals surface area contributed by atoms with Gasteiger partial charge in [0.15, 0.2) is 0 Å². The molecule has 0 fully saturated rings. The molecule has 0 aliphatic carbocycles. The molecule has 1 unspecified atom stereocenters. The second kappa shape index (κ2) is 10.8. The highest BCUT2D eigenvalue weighted by Gasteiger charge is 2.19. The van der Waals surface area contributed by atoms with Crippen LogP contribution in [0.5, 0.6) is 0 Å². The number of hydrogen-bond donors (Lipinski definition) is 2. The number of rotatable bonds is 11. The van der Waals surface area contributed by atoms with Crippen LogP contribution in [0, 0.1) is 4.78 Å². The molecule has 9 heteroatoms. The highest BCUT2D eigenvalue weighted by molar-refractivity contribution is 7.92. The summed E-state index contributed by atoms with van der Waals surface area (Å²) in [6.45, 7) is 2.14. The highest BCUT2D eigenvalue weighted by atomic mass is 32.2.